The molecule has 9 heteroatoms. The Morgan fingerprint density at radius 3 is 2.67 bits per heavy atom. The highest BCUT2D eigenvalue weighted by Crippen LogP contribution is 2.30. The molecule has 6 nitrogen and oxygen atoms in total. The van der Waals surface area contributed by atoms with E-state index in [4.69, 9.17) is 0 Å². The number of aromatic nitrogens is 5. The molecule has 0 saturated carbocycles. The Kier molecular flexibility index (Phi) is 4.15. The first kappa shape index (κ1) is 15.9. The Morgan fingerprint density at radius 2 is 2.04 bits per heavy atom. The molecule has 0 atom stereocenters. The molecule has 124 valence electrons. The minimum atomic E-state index is -4.56. The highest BCUT2D eigenvalue weighted by Gasteiger charge is 2.33. The van der Waals surface area contributed by atoms with Crippen molar-refractivity contribution in [3.05, 3.63) is 54.2 Å². The van der Waals surface area contributed by atoms with Crippen molar-refractivity contribution < 1.29 is 13.2 Å². The van der Waals surface area contributed by atoms with E-state index in [1.54, 1.807) is 36.3 Å². The van der Waals surface area contributed by atoms with E-state index >= 15 is 0 Å². The summed E-state index contributed by atoms with van der Waals surface area (Å²) in [7, 11) is 1.76. The van der Waals surface area contributed by atoms with E-state index in [-0.39, 0.29) is 11.6 Å². The molecule has 0 aliphatic heterocycles. The van der Waals surface area contributed by atoms with E-state index in [0.29, 0.717) is 12.1 Å². The fraction of sp³-hybridized carbons (Fsp3) is 0.200. The molecular formula is C15H13F3N6. The summed E-state index contributed by atoms with van der Waals surface area (Å²) in [4.78, 5) is 11.6. The highest BCUT2D eigenvalue weighted by atomic mass is 19.4. The zero-order valence-electron chi connectivity index (χ0n) is 12.6. The Balaban J connectivity index is 1.92. The van der Waals surface area contributed by atoms with Crippen molar-refractivity contribution in [1.29, 1.82) is 0 Å². The monoisotopic (exact) mass is 334 g/mol. The van der Waals surface area contributed by atoms with Gasteiger partial charge in [-0.1, -0.05) is 0 Å². The summed E-state index contributed by atoms with van der Waals surface area (Å²) >= 11 is 0. The van der Waals surface area contributed by atoms with Gasteiger partial charge in [-0.05, 0) is 12.1 Å². The predicted octanol–water partition coefficient (Wildman–Crippen LogP) is 2.90. The van der Waals surface area contributed by atoms with E-state index in [0.717, 1.165) is 11.6 Å². The summed E-state index contributed by atoms with van der Waals surface area (Å²) in [5.41, 5.74) is 0.227. The summed E-state index contributed by atoms with van der Waals surface area (Å²) in [5.74, 6) is 0.0478. The molecule has 0 aromatic carbocycles. The number of nitrogens with one attached hydrogen (secondary N) is 1. The first-order chi connectivity index (χ1) is 11.4. The number of nitrogens with zero attached hydrogens (tertiary/aromatic N) is 5. The molecule has 0 amide bonds. The van der Waals surface area contributed by atoms with E-state index in [2.05, 4.69) is 25.4 Å². The summed E-state index contributed by atoms with van der Waals surface area (Å²) in [6.07, 6.45) is 1.77. The SMILES string of the molecule is Cn1cc(CNc2cc(C(F)(F)F)nc(-c3cccnc3)n2)cn1. The van der Waals surface area contributed by atoms with Gasteiger partial charge in [-0.3, -0.25) is 9.67 Å². The Hall–Kier alpha value is -2.97. The zero-order valence-corrected chi connectivity index (χ0v) is 12.6. The third kappa shape index (κ3) is 3.67. The lowest BCUT2D eigenvalue weighted by atomic mass is 10.2. The van der Waals surface area contributed by atoms with Crippen LogP contribution in [0.4, 0.5) is 19.0 Å². The van der Waals surface area contributed by atoms with Gasteiger partial charge in [0.15, 0.2) is 11.5 Å². The fourth-order valence-corrected chi connectivity index (χ4v) is 2.06. The predicted molar refractivity (Wildman–Crippen MR) is 80.8 cm³/mol. The average molecular weight is 334 g/mol. The van der Waals surface area contributed by atoms with Gasteiger partial charge >= 0.3 is 6.18 Å². The Morgan fingerprint density at radius 1 is 1.21 bits per heavy atom. The first-order valence-electron chi connectivity index (χ1n) is 7.00. The number of alkyl halides is 3. The normalized spacial score (nSPS) is 11.5. The van der Waals surface area contributed by atoms with Gasteiger partial charge in [0, 0.05) is 49.4 Å². The molecule has 3 heterocycles. The van der Waals surface area contributed by atoms with Crippen LogP contribution < -0.4 is 5.32 Å². The van der Waals surface area contributed by atoms with Crippen molar-refractivity contribution in [3.63, 3.8) is 0 Å². The molecule has 0 saturated heterocycles. The number of hydrogen-bond acceptors (Lipinski definition) is 5. The maximum Gasteiger partial charge on any atom is 0.433 e. The largest absolute Gasteiger partial charge is 0.433 e. The van der Waals surface area contributed by atoms with Crippen LogP contribution in [-0.4, -0.2) is 24.7 Å². The van der Waals surface area contributed by atoms with Gasteiger partial charge in [-0.25, -0.2) is 9.97 Å². The van der Waals surface area contributed by atoms with Crippen LogP contribution in [0.3, 0.4) is 0 Å². The lowest BCUT2D eigenvalue weighted by Gasteiger charge is -2.11. The van der Waals surface area contributed by atoms with Crippen LogP contribution in [-0.2, 0) is 19.8 Å². The minimum absolute atomic E-state index is 0.0355. The van der Waals surface area contributed by atoms with E-state index < -0.39 is 11.9 Å². The number of rotatable bonds is 4. The van der Waals surface area contributed by atoms with Crippen molar-refractivity contribution in [2.75, 3.05) is 5.32 Å². The lowest BCUT2D eigenvalue weighted by molar-refractivity contribution is -0.141. The summed E-state index contributed by atoms with van der Waals surface area (Å²) in [6.45, 7) is 0.300. The molecule has 24 heavy (non-hydrogen) atoms. The topological polar surface area (TPSA) is 68.5 Å². The molecule has 0 aliphatic rings. The third-order valence-corrected chi connectivity index (χ3v) is 3.17. The van der Waals surface area contributed by atoms with Gasteiger partial charge < -0.3 is 5.32 Å². The summed E-state index contributed by atoms with van der Waals surface area (Å²) in [6, 6.07) is 4.10. The van der Waals surface area contributed by atoms with Crippen molar-refractivity contribution in [2.45, 2.75) is 12.7 Å². The lowest BCUT2D eigenvalue weighted by Crippen LogP contribution is -2.12. The third-order valence-electron chi connectivity index (χ3n) is 3.17. The van der Waals surface area contributed by atoms with Crippen LogP contribution in [0.1, 0.15) is 11.3 Å². The van der Waals surface area contributed by atoms with E-state index in [1.807, 2.05) is 0 Å². The first-order valence-corrected chi connectivity index (χ1v) is 7.00. The molecule has 3 rings (SSSR count). The molecule has 0 radical (unpaired) electrons. The quantitative estimate of drug-likeness (QED) is 0.794. The average Bonchev–Trinajstić information content (AvgIpc) is 2.98. The summed E-state index contributed by atoms with van der Waals surface area (Å²) in [5, 5.41) is 6.88. The minimum Gasteiger partial charge on any atom is -0.366 e. The molecule has 0 fully saturated rings. The molecule has 3 aromatic rings. The number of aryl methyl sites for hydroxylation is 1. The Labute approximate surface area is 135 Å². The fourth-order valence-electron chi connectivity index (χ4n) is 2.06. The molecule has 0 spiro atoms. The standard InChI is InChI=1S/C15H13F3N6/c1-24-9-10(7-21-24)6-20-13-5-12(15(16,17)18)22-14(23-13)11-3-2-4-19-8-11/h2-5,7-9H,6H2,1H3,(H,20,22,23). The van der Waals surface area contributed by atoms with E-state index in [1.165, 1.54) is 12.4 Å². The number of pyridine rings is 1. The van der Waals surface area contributed by atoms with Gasteiger partial charge in [0.25, 0.3) is 0 Å². The highest BCUT2D eigenvalue weighted by molar-refractivity contribution is 5.56. The van der Waals surface area contributed by atoms with Crippen LogP contribution in [0.2, 0.25) is 0 Å². The zero-order chi connectivity index (χ0) is 17.2. The number of anilines is 1. The second-order valence-electron chi connectivity index (χ2n) is 5.08. The van der Waals surface area contributed by atoms with E-state index in [9.17, 15) is 13.2 Å². The maximum atomic E-state index is 13.1. The molecule has 0 unspecified atom stereocenters. The van der Waals surface area contributed by atoms with Crippen molar-refractivity contribution in [2.24, 2.45) is 7.05 Å². The van der Waals surface area contributed by atoms with Gasteiger partial charge in [0.05, 0.1) is 6.20 Å². The van der Waals surface area contributed by atoms with Crippen LogP contribution in [0, 0.1) is 0 Å². The maximum absolute atomic E-state index is 13.1. The van der Waals surface area contributed by atoms with Crippen molar-refractivity contribution in [1.82, 2.24) is 24.7 Å². The second kappa shape index (κ2) is 6.26. The molecule has 0 bridgehead atoms. The molecule has 0 aliphatic carbocycles. The number of halogens is 3. The molecule has 3 aromatic heterocycles. The van der Waals surface area contributed by atoms with Crippen LogP contribution in [0.25, 0.3) is 11.4 Å². The van der Waals surface area contributed by atoms with Crippen LogP contribution in [0.15, 0.2) is 43.0 Å². The van der Waals surface area contributed by atoms with Gasteiger partial charge in [0.2, 0.25) is 0 Å². The van der Waals surface area contributed by atoms with Gasteiger partial charge in [-0.15, -0.1) is 0 Å². The molecular weight excluding hydrogens is 321 g/mol. The van der Waals surface area contributed by atoms with Crippen LogP contribution in [0.5, 0.6) is 0 Å². The second-order valence-corrected chi connectivity index (χ2v) is 5.08. The number of hydrogen-bond donors (Lipinski definition) is 1. The van der Waals surface area contributed by atoms with Gasteiger partial charge in [-0.2, -0.15) is 18.3 Å². The summed E-state index contributed by atoms with van der Waals surface area (Å²) < 4.78 is 40.9. The van der Waals surface area contributed by atoms with Crippen LogP contribution >= 0.6 is 0 Å². The van der Waals surface area contributed by atoms with Crippen molar-refractivity contribution in [3.8, 4) is 11.4 Å². The smallest absolute Gasteiger partial charge is 0.366 e. The van der Waals surface area contributed by atoms with Gasteiger partial charge in [0.1, 0.15) is 5.82 Å². The Bertz CT molecular complexity index is 829. The molecule has 1 N–H and O–H groups in total. The van der Waals surface area contributed by atoms with Crippen molar-refractivity contribution >= 4 is 5.82 Å².